The highest BCUT2D eigenvalue weighted by molar-refractivity contribution is 8.18. The van der Waals surface area contributed by atoms with Crippen molar-refractivity contribution in [3.8, 4) is 11.4 Å². The summed E-state index contributed by atoms with van der Waals surface area (Å²) in [7, 11) is 1.64. The quantitative estimate of drug-likeness (QED) is 0.450. The summed E-state index contributed by atoms with van der Waals surface area (Å²) in [4.78, 5) is 20.2. The van der Waals surface area contributed by atoms with Gasteiger partial charge in [0.25, 0.3) is 5.91 Å². The average molecular weight is 446 g/mol. The maximum absolute atomic E-state index is 13.1. The highest BCUT2D eigenvalue weighted by Crippen LogP contribution is 2.35. The minimum Gasteiger partial charge on any atom is -0.497 e. The predicted molar refractivity (Wildman–Crippen MR) is 133 cm³/mol. The molecule has 1 fully saturated rings. The number of carbonyl (C=O) groups is 1. The zero-order valence-electron chi connectivity index (χ0n) is 19.0. The van der Waals surface area contributed by atoms with E-state index in [-0.39, 0.29) is 5.91 Å². The molecule has 5 nitrogen and oxygen atoms in total. The fourth-order valence-electron chi connectivity index (χ4n) is 3.80. The van der Waals surface area contributed by atoms with Gasteiger partial charge in [-0.15, -0.1) is 0 Å². The number of rotatable bonds is 5. The second-order valence-corrected chi connectivity index (χ2v) is 8.76. The van der Waals surface area contributed by atoms with Gasteiger partial charge in [0.1, 0.15) is 5.75 Å². The molecule has 0 saturated carbocycles. The van der Waals surface area contributed by atoms with E-state index < -0.39 is 0 Å². The molecular formula is C26H27N3O2S. The van der Waals surface area contributed by atoms with Gasteiger partial charge in [-0.1, -0.05) is 17.7 Å². The van der Waals surface area contributed by atoms with Crippen LogP contribution >= 0.6 is 11.8 Å². The monoisotopic (exact) mass is 445 g/mol. The van der Waals surface area contributed by atoms with E-state index in [9.17, 15) is 4.79 Å². The van der Waals surface area contributed by atoms with Crippen molar-refractivity contribution in [2.75, 3.05) is 13.7 Å². The lowest BCUT2D eigenvalue weighted by Crippen LogP contribution is -2.28. The Morgan fingerprint density at radius 2 is 1.72 bits per heavy atom. The van der Waals surface area contributed by atoms with Gasteiger partial charge in [0.2, 0.25) is 0 Å². The number of ether oxygens (including phenoxy) is 1. The minimum atomic E-state index is -0.00935. The average Bonchev–Trinajstić information content (AvgIpc) is 3.24. The number of thioether (sulfide) groups is 1. The number of amidine groups is 1. The molecule has 164 valence electrons. The van der Waals surface area contributed by atoms with Crippen molar-refractivity contribution in [2.24, 2.45) is 4.99 Å². The Labute approximate surface area is 193 Å². The summed E-state index contributed by atoms with van der Waals surface area (Å²) in [5.41, 5.74) is 6.43. The zero-order valence-corrected chi connectivity index (χ0v) is 19.9. The second kappa shape index (κ2) is 9.09. The number of aromatic nitrogens is 1. The van der Waals surface area contributed by atoms with Gasteiger partial charge in [0.05, 0.1) is 17.7 Å². The van der Waals surface area contributed by atoms with E-state index in [1.165, 1.54) is 17.3 Å². The van der Waals surface area contributed by atoms with Crippen LogP contribution in [-0.4, -0.2) is 34.2 Å². The Morgan fingerprint density at radius 1 is 1.03 bits per heavy atom. The lowest BCUT2D eigenvalue weighted by atomic mass is 10.2. The van der Waals surface area contributed by atoms with E-state index in [4.69, 9.17) is 9.73 Å². The molecule has 2 aromatic carbocycles. The number of aliphatic imine (C=N–C) groups is 1. The van der Waals surface area contributed by atoms with Crippen LogP contribution < -0.4 is 4.74 Å². The number of aryl methyl sites for hydroxylation is 2. The van der Waals surface area contributed by atoms with Crippen molar-refractivity contribution < 1.29 is 9.53 Å². The molecule has 1 aromatic heterocycles. The molecule has 3 aromatic rings. The van der Waals surface area contributed by atoms with Crippen molar-refractivity contribution in [2.45, 2.75) is 27.7 Å². The number of nitrogens with zero attached hydrogens (tertiary/aromatic N) is 3. The van der Waals surface area contributed by atoms with Crippen molar-refractivity contribution in [3.63, 3.8) is 0 Å². The number of amides is 1. The van der Waals surface area contributed by atoms with E-state index in [0.717, 1.165) is 34.1 Å². The Bertz CT molecular complexity index is 1210. The first-order chi connectivity index (χ1) is 15.4. The molecule has 0 N–H and O–H groups in total. The molecule has 0 bridgehead atoms. The molecule has 4 rings (SSSR count). The predicted octanol–water partition coefficient (Wildman–Crippen LogP) is 6.04. The third kappa shape index (κ3) is 4.23. The standard InChI is InChI=1S/C26H27N3O2S/c1-6-28-25(30)24(32-26(28)27-21-9-13-23(31-5)14-10-21)16-20-15-18(3)29(19(20)4)22-11-7-17(2)8-12-22/h7-16H,6H2,1-5H3/b24-16-,27-26?. The normalized spacial score (nSPS) is 16.4. The SMILES string of the molecule is CCN1C(=O)/C(=C/c2cc(C)n(-c3ccc(C)cc3)c2C)SC1=Nc1ccc(OC)cc1. The molecular weight excluding hydrogens is 418 g/mol. The van der Waals surface area contributed by atoms with Gasteiger partial charge >= 0.3 is 0 Å². The molecule has 0 spiro atoms. The number of carbonyl (C=O) groups excluding carboxylic acids is 1. The summed E-state index contributed by atoms with van der Waals surface area (Å²) in [5, 5.41) is 0.696. The number of likely N-dealkylation sites (N-methyl/N-ethyl adjacent to an activating group) is 1. The van der Waals surface area contributed by atoms with Crippen LogP contribution in [0.5, 0.6) is 5.75 Å². The van der Waals surface area contributed by atoms with Crippen LogP contribution in [0.1, 0.15) is 29.4 Å². The summed E-state index contributed by atoms with van der Waals surface area (Å²) in [6, 6.07) is 18.1. The van der Waals surface area contributed by atoms with Crippen molar-refractivity contribution >= 4 is 34.6 Å². The van der Waals surface area contributed by atoms with Crippen molar-refractivity contribution in [3.05, 3.63) is 82.0 Å². The van der Waals surface area contributed by atoms with Crippen molar-refractivity contribution in [1.29, 1.82) is 0 Å². The van der Waals surface area contributed by atoms with E-state index >= 15 is 0 Å². The number of benzene rings is 2. The van der Waals surface area contributed by atoms with E-state index in [1.54, 1.807) is 12.0 Å². The number of hydrogen-bond donors (Lipinski definition) is 0. The van der Waals surface area contributed by atoms with Crippen LogP contribution in [0.25, 0.3) is 11.8 Å². The Balaban J connectivity index is 1.67. The molecule has 0 radical (unpaired) electrons. The maximum atomic E-state index is 13.1. The molecule has 32 heavy (non-hydrogen) atoms. The molecule has 2 heterocycles. The first-order valence-corrected chi connectivity index (χ1v) is 11.4. The highest BCUT2D eigenvalue weighted by Gasteiger charge is 2.32. The fraction of sp³-hybridized carbons (Fsp3) is 0.231. The molecule has 1 aliphatic heterocycles. The lowest BCUT2D eigenvalue weighted by molar-refractivity contribution is -0.122. The van der Waals surface area contributed by atoms with Gasteiger partial charge in [-0.25, -0.2) is 4.99 Å². The van der Waals surface area contributed by atoms with E-state index in [2.05, 4.69) is 55.7 Å². The van der Waals surface area contributed by atoms with E-state index in [1.807, 2.05) is 37.3 Å². The lowest BCUT2D eigenvalue weighted by Gasteiger charge is -2.12. The number of methoxy groups -OCH3 is 1. The smallest absolute Gasteiger partial charge is 0.266 e. The first kappa shape index (κ1) is 22.0. The van der Waals surface area contributed by atoms with Gasteiger partial charge in [-0.05, 0) is 93.6 Å². The molecule has 1 aliphatic rings. The zero-order chi connectivity index (χ0) is 22.8. The Morgan fingerprint density at radius 3 is 2.34 bits per heavy atom. The van der Waals surface area contributed by atoms with Gasteiger partial charge in [0.15, 0.2) is 5.17 Å². The highest BCUT2D eigenvalue weighted by atomic mass is 32.2. The van der Waals surface area contributed by atoms with Gasteiger partial charge in [-0.2, -0.15) is 0 Å². The van der Waals surface area contributed by atoms with Crippen LogP contribution in [-0.2, 0) is 4.79 Å². The van der Waals surface area contributed by atoms with Gasteiger partial charge in [-0.3, -0.25) is 9.69 Å². The Kier molecular flexibility index (Phi) is 6.24. The summed E-state index contributed by atoms with van der Waals surface area (Å²) < 4.78 is 7.44. The topological polar surface area (TPSA) is 46.8 Å². The summed E-state index contributed by atoms with van der Waals surface area (Å²) in [6.45, 7) is 8.80. The molecule has 6 heteroatoms. The van der Waals surface area contributed by atoms with Crippen molar-refractivity contribution in [1.82, 2.24) is 9.47 Å². The van der Waals surface area contributed by atoms with Crippen LogP contribution in [0, 0.1) is 20.8 Å². The van der Waals surface area contributed by atoms with Crippen LogP contribution in [0.2, 0.25) is 0 Å². The third-order valence-corrected chi connectivity index (χ3v) is 6.56. The van der Waals surface area contributed by atoms with E-state index in [0.29, 0.717) is 16.6 Å². The van der Waals surface area contributed by atoms with Crippen LogP contribution in [0.3, 0.4) is 0 Å². The van der Waals surface area contributed by atoms with Crippen LogP contribution in [0.4, 0.5) is 5.69 Å². The summed E-state index contributed by atoms with van der Waals surface area (Å²) in [5.74, 6) is 0.769. The molecule has 0 atom stereocenters. The molecule has 0 aliphatic carbocycles. The third-order valence-electron chi connectivity index (χ3n) is 5.55. The summed E-state index contributed by atoms with van der Waals surface area (Å²) >= 11 is 1.42. The first-order valence-electron chi connectivity index (χ1n) is 10.6. The molecule has 1 amide bonds. The number of hydrogen-bond acceptors (Lipinski definition) is 4. The minimum absolute atomic E-state index is 0.00935. The Hall–Kier alpha value is -3.25. The van der Waals surface area contributed by atoms with Gasteiger partial charge in [0, 0.05) is 23.6 Å². The van der Waals surface area contributed by atoms with Crippen LogP contribution in [0.15, 0.2) is 64.5 Å². The maximum Gasteiger partial charge on any atom is 0.266 e. The summed E-state index contributed by atoms with van der Waals surface area (Å²) in [6.07, 6.45) is 1.99. The largest absolute Gasteiger partial charge is 0.497 e. The second-order valence-electron chi connectivity index (χ2n) is 7.75. The van der Waals surface area contributed by atoms with Gasteiger partial charge < -0.3 is 9.30 Å². The molecule has 1 saturated heterocycles. The molecule has 0 unspecified atom stereocenters. The fourth-order valence-corrected chi connectivity index (χ4v) is 4.86.